The van der Waals surface area contributed by atoms with Gasteiger partial charge in [0.1, 0.15) is 0 Å². The fourth-order valence-electron chi connectivity index (χ4n) is 3.44. The molecule has 1 aliphatic rings. The second-order valence-corrected chi connectivity index (χ2v) is 8.58. The number of hydrogen-bond acceptors (Lipinski definition) is 4. The minimum Gasteiger partial charge on any atom is -0.481 e. The van der Waals surface area contributed by atoms with Crippen molar-refractivity contribution in [2.45, 2.75) is 33.1 Å². The van der Waals surface area contributed by atoms with E-state index in [1.165, 1.54) is 26.5 Å². The predicted octanol–water partition coefficient (Wildman–Crippen LogP) is 5.62. The third kappa shape index (κ3) is 5.06. The monoisotopic (exact) mass is 455 g/mol. The number of carbonyl (C=O) groups is 1. The fourth-order valence-corrected chi connectivity index (χ4v) is 5.45. The third-order valence-electron chi connectivity index (χ3n) is 4.86. The molecule has 6 heteroatoms. The lowest BCUT2D eigenvalue weighted by atomic mass is 9.98. The first-order chi connectivity index (χ1) is 12.1. The van der Waals surface area contributed by atoms with Gasteiger partial charge in [0.15, 0.2) is 0 Å². The van der Waals surface area contributed by atoms with Crippen molar-refractivity contribution in [2.24, 2.45) is 5.92 Å². The van der Waals surface area contributed by atoms with Crippen LogP contribution < -0.4 is 0 Å². The smallest absolute Gasteiger partial charge is 0.307 e. The number of piperidine rings is 1. The molecule has 0 saturated carbocycles. The number of carboxylic acids is 1. The van der Waals surface area contributed by atoms with Gasteiger partial charge in [0.2, 0.25) is 0 Å². The second kappa shape index (κ2) is 9.83. The van der Waals surface area contributed by atoms with Crippen LogP contribution in [0.2, 0.25) is 0 Å². The Bertz CT molecular complexity index is 723. The second-order valence-electron chi connectivity index (χ2n) is 6.75. The van der Waals surface area contributed by atoms with Gasteiger partial charge in [-0.15, -0.1) is 39.7 Å². The normalized spacial score (nSPS) is 17.5. The molecule has 0 spiro atoms. The van der Waals surface area contributed by atoms with E-state index in [0.29, 0.717) is 6.54 Å². The molecule has 1 N–H and O–H groups in total. The topological polar surface area (TPSA) is 40.5 Å². The van der Waals surface area contributed by atoms with E-state index in [9.17, 15) is 9.90 Å². The first-order valence-electron chi connectivity index (χ1n) is 8.80. The van der Waals surface area contributed by atoms with Crippen LogP contribution in [0, 0.1) is 19.8 Å². The molecule has 142 valence electrons. The lowest BCUT2D eigenvalue weighted by Gasteiger charge is -2.30. The molecule has 1 fully saturated rings. The lowest BCUT2D eigenvalue weighted by molar-refractivity contribution is -0.143. The molecule has 1 atom stereocenters. The highest BCUT2D eigenvalue weighted by Crippen LogP contribution is 2.35. The SMILES string of the molecule is Br.Cc1ccsc1C(=CCCN1CCC[C@@H](C(=O)O)C1)c1sccc1C. The van der Waals surface area contributed by atoms with Crippen LogP contribution in [0.1, 0.15) is 40.1 Å². The third-order valence-corrected chi connectivity index (χ3v) is 6.96. The lowest BCUT2D eigenvalue weighted by Crippen LogP contribution is -2.39. The number of aliphatic carboxylic acids is 1. The van der Waals surface area contributed by atoms with Crippen molar-refractivity contribution < 1.29 is 9.90 Å². The Morgan fingerprint density at radius 1 is 1.23 bits per heavy atom. The number of rotatable bonds is 6. The Hall–Kier alpha value is -0.950. The Balaban J connectivity index is 0.00000243. The number of aryl methyl sites for hydroxylation is 2. The Kier molecular flexibility index (Phi) is 8.07. The van der Waals surface area contributed by atoms with Crippen LogP contribution in [0.15, 0.2) is 29.0 Å². The molecule has 0 unspecified atom stereocenters. The molecule has 0 amide bonds. The number of halogens is 1. The molecule has 1 saturated heterocycles. The molecule has 3 rings (SSSR count). The summed E-state index contributed by atoms with van der Waals surface area (Å²) < 4.78 is 0. The average molecular weight is 456 g/mol. The van der Waals surface area contributed by atoms with Crippen LogP contribution in [0.5, 0.6) is 0 Å². The largest absolute Gasteiger partial charge is 0.481 e. The van der Waals surface area contributed by atoms with Gasteiger partial charge in [-0.1, -0.05) is 6.08 Å². The minimum absolute atomic E-state index is 0. The van der Waals surface area contributed by atoms with Crippen molar-refractivity contribution in [2.75, 3.05) is 19.6 Å². The molecule has 0 aliphatic carbocycles. The van der Waals surface area contributed by atoms with Gasteiger partial charge in [0.25, 0.3) is 0 Å². The summed E-state index contributed by atoms with van der Waals surface area (Å²) in [5.74, 6) is -0.847. The molecule has 0 radical (unpaired) electrons. The van der Waals surface area contributed by atoms with Gasteiger partial charge in [-0.05, 0) is 73.7 Å². The van der Waals surface area contributed by atoms with E-state index in [4.69, 9.17) is 0 Å². The van der Waals surface area contributed by atoms with Crippen LogP contribution in [0.25, 0.3) is 5.57 Å². The zero-order chi connectivity index (χ0) is 17.8. The molecule has 3 heterocycles. The summed E-state index contributed by atoms with van der Waals surface area (Å²) in [7, 11) is 0. The summed E-state index contributed by atoms with van der Waals surface area (Å²) in [5.41, 5.74) is 3.99. The zero-order valence-corrected chi connectivity index (χ0v) is 18.6. The van der Waals surface area contributed by atoms with Gasteiger partial charge in [-0.25, -0.2) is 0 Å². The summed E-state index contributed by atoms with van der Waals surface area (Å²) >= 11 is 3.60. The van der Waals surface area contributed by atoms with Crippen LogP contribution in [-0.2, 0) is 4.79 Å². The van der Waals surface area contributed by atoms with Crippen molar-refractivity contribution in [3.05, 3.63) is 49.9 Å². The summed E-state index contributed by atoms with van der Waals surface area (Å²) in [6, 6.07) is 4.36. The first kappa shape index (κ1) is 21.4. The maximum atomic E-state index is 11.2. The van der Waals surface area contributed by atoms with Crippen LogP contribution in [0.4, 0.5) is 0 Å². The highest BCUT2D eigenvalue weighted by Gasteiger charge is 2.24. The first-order valence-corrected chi connectivity index (χ1v) is 10.6. The summed E-state index contributed by atoms with van der Waals surface area (Å²) in [5, 5.41) is 13.6. The number of thiophene rings is 2. The number of hydrogen-bond donors (Lipinski definition) is 1. The highest BCUT2D eigenvalue weighted by molar-refractivity contribution is 8.93. The molecular weight excluding hydrogens is 430 g/mol. The molecule has 3 nitrogen and oxygen atoms in total. The van der Waals surface area contributed by atoms with Gasteiger partial charge in [-0.3, -0.25) is 4.79 Å². The fraction of sp³-hybridized carbons (Fsp3) is 0.450. The Morgan fingerprint density at radius 3 is 2.35 bits per heavy atom. The van der Waals surface area contributed by atoms with E-state index in [2.05, 4.69) is 47.7 Å². The molecular formula is C20H26BrNO2S2. The molecule has 0 bridgehead atoms. The molecule has 1 aliphatic heterocycles. The van der Waals surface area contributed by atoms with Gasteiger partial charge in [0.05, 0.1) is 5.92 Å². The summed E-state index contributed by atoms with van der Waals surface area (Å²) in [6.45, 7) is 6.98. The van der Waals surface area contributed by atoms with Gasteiger partial charge in [-0.2, -0.15) is 0 Å². The van der Waals surface area contributed by atoms with E-state index in [-0.39, 0.29) is 22.9 Å². The minimum atomic E-state index is -0.649. The highest BCUT2D eigenvalue weighted by atomic mass is 79.9. The maximum absolute atomic E-state index is 11.2. The van der Waals surface area contributed by atoms with Crippen molar-refractivity contribution >= 4 is 51.2 Å². The van der Waals surface area contributed by atoms with Crippen LogP contribution in [-0.4, -0.2) is 35.6 Å². The van der Waals surface area contributed by atoms with Crippen LogP contribution >= 0.6 is 39.7 Å². The maximum Gasteiger partial charge on any atom is 0.307 e. The standard InChI is InChI=1S/C20H25NO2S2.BrH/c1-14-7-11-24-18(14)17(19-15(2)8-12-25-19)6-4-10-21-9-3-5-16(13-21)20(22)23;/h6-8,11-12,16H,3-5,9-10,13H2,1-2H3,(H,22,23);1H/t16-;/m1./s1. The van der Waals surface area contributed by atoms with E-state index < -0.39 is 5.97 Å². The molecule has 0 aromatic carbocycles. The Labute approximate surface area is 174 Å². The van der Waals surface area contributed by atoms with E-state index in [1.807, 2.05) is 0 Å². The van der Waals surface area contributed by atoms with Gasteiger partial charge >= 0.3 is 5.97 Å². The molecule has 2 aromatic heterocycles. The van der Waals surface area contributed by atoms with Crippen molar-refractivity contribution in [3.8, 4) is 0 Å². The molecule has 26 heavy (non-hydrogen) atoms. The van der Waals surface area contributed by atoms with Crippen molar-refractivity contribution in [1.29, 1.82) is 0 Å². The number of carboxylic acid groups (broad SMARTS) is 1. The van der Waals surface area contributed by atoms with Gasteiger partial charge < -0.3 is 10.0 Å². The van der Waals surface area contributed by atoms with Crippen molar-refractivity contribution in [3.63, 3.8) is 0 Å². The number of nitrogens with zero attached hydrogens (tertiary/aromatic N) is 1. The quantitative estimate of drug-likeness (QED) is 0.613. The number of likely N-dealkylation sites (tertiary alicyclic amines) is 1. The zero-order valence-electron chi connectivity index (χ0n) is 15.2. The summed E-state index contributed by atoms with van der Waals surface area (Å²) in [6.07, 6.45) is 5.11. The van der Waals surface area contributed by atoms with Crippen molar-refractivity contribution in [1.82, 2.24) is 4.90 Å². The Morgan fingerprint density at radius 2 is 1.85 bits per heavy atom. The van der Waals surface area contributed by atoms with E-state index >= 15 is 0 Å². The molecule has 2 aromatic rings. The van der Waals surface area contributed by atoms with Gasteiger partial charge in [0, 0.05) is 28.4 Å². The van der Waals surface area contributed by atoms with E-state index in [1.54, 1.807) is 22.7 Å². The van der Waals surface area contributed by atoms with Crippen LogP contribution in [0.3, 0.4) is 0 Å². The van der Waals surface area contributed by atoms with E-state index in [0.717, 1.165) is 32.4 Å². The average Bonchev–Trinajstić information content (AvgIpc) is 3.21. The summed E-state index contributed by atoms with van der Waals surface area (Å²) in [4.78, 5) is 16.2. The predicted molar refractivity (Wildman–Crippen MR) is 117 cm³/mol.